The molecule has 2 N–H and O–H groups in total. The van der Waals surface area contributed by atoms with Crippen LogP contribution in [0.3, 0.4) is 0 Å². The van der Waals surface area contributed by atoms with Crippen LogP contribution < -0.4 is 10.6 Å². The minimum Gasteiger partial charge on any atom is -0.352 e. The normalized spacial score (nSPS) is 14.0. The van der Waals surface area contributed by atoms with Crippen molar-refractivity contribution in [3.63, 3.8) is 0 Å². The van der Waals surface area contributed by atoms with E-state index < -0.39 is 0 Å². The van der Waals surface area contributed by atoms with Crippen LogP contribution in [0.5, 0.6) is 0 Å². The summed E-state index contributed by atoms with van der Waals surface area (Å²) in [5, 5.41) is 6.14. The Labute approximate surface area is 135 Å². The summed E-state index contributed by atoms with van der Waals surface area (Å²) in [7, 11) is 0. The molecule has 0 aromatic heterocycles. The molecule has 2 rings (SSSR count). The van der Waals surface area contributed by atoms with Crippen molar-refractivity contribution in [2.24, 2.45) is 0 Å². The van der Waals surface area contributed by atoms with Gasteiger partial charge in [-0.3, -0.25) is 4.79 Å². The summed E-state index contributed by atoms with van der Waals surface area (Å²) in [6, 6.07) is 6.64. The van der Waals surface area contributed by atoms with Crippen LogP contribution in [-0.2, 0) is 4.79 Å². The minimum atomic E-state index is -0.224. The van der Waals surface area contributed by atoms with Crippen molar-refractivity contribution in [1.29, 1.82) is 0 Å². The molecule has 3 nitrogen and oxygen atoms in total. The van der Waals surface area contributed by atoms with E-state index in [1.165, 1.54) is 23.4 Å². The van der Waals surface area contributed by atoms with Crippen molar-refractivity contribution >= 4 is 30.1 Å². The van der Waals surface area contributed by atoms with Gasteiger partial charge < -0.3 is 10.6 Å². The van der Waals surface area contributed by atoms with Crippen molar-refractivity contribution in [2.75, 3.05) is 25.4 Å². The largest absolute Gasteiger partial charge is 0.352 e. The molecule has 1 aliphatic rings. The molecule has 0 saturated carbocycles. The highest BCUT2D eigenvalue weighted by Crippen LogP contribution is 2.21. The molecular formula is C15H20ClFN2OS. The molecule has 0 radical (unpaired) electrons. The number of hydrogen-bond donors (Lipinski definition) is 2. The number of benzene rings is 1. The summed E-state index contributed by atoms with van der Waals surface area (Å²) < 4.78 is 13.4. The van der Waals surface area contributed by atoms with E-state index in [1.807, 2.05) is 0 Å². The Hall–Kier alpha value is -1.04. The molecular weight excluding hydrogens is 311 g/mol. The Kier molecular flexibility index (Phi) is 8.42. The molecule has 1 amide bonds. The summed E-state index contributed by atoms with van der Waals surface area (Å²) in [5.41, 5.74) is 1.28. The van der Waals surface area contributed by atoms with Gasteiger partial charge in [0.25, 0.3) is 0 Å². The summed E-state index contributed by atoms with van der Waals surface area (Å²) in [5.74, 6) is 0.388. The first kappa shape index (κ1) is 18.0. The molecule has 21 heavy (non-hydrogen) atoms. The molecule has 6 heteroatoms. The van der Waals surface area contributed by atoms with Crippen LogP contribution in [0, 0.1) is 5.82 Å². The molecule has 0 aliphatic carbocycles. The minimum absolute atomic E-state index is 0. The van der Waals surface area contributed by atoms with Gasteiger partial charge in [0.1, 0.15) is 5.82 Å². The van der Waals surface area contributed by atoms with Gasteiger partial charge in [-0.2, -0.15) is 0 Å². The first-order valence-corrected chi connectivity index (χ1v) is 7.77. The fraction of sp³-hybridized carbons (Fsp3) is 0.400. The van der Waals surface area contributed by atoms with Gasteiger partial charge in [-0.1, -0.05) is 23.8 Å². The third-order valence-electron chi connectivity index (χ3n) is 3.09. The molecule has 0 fully saturated rings. The second-order valence-electron chi connectivity index (χ2n) is 4.62. The Bertz CT molecular complexity index is 496. The number of rotatable bonds is 6. The summed E-state index contributed by atoms with van der Waals surface area (Å²) >= 11 is 1.38. The van der Waals surface area contributed by atoms with E-state index in [0.29, 0.717) is 23.6 Å². The Morgan fingerprint density at radius 1 is 1.38 bits per heavy atom. The molecule has 0 spiro atoms. The van der Waals surface area contributed by atoms with Gasteiger partial charge in [0.05, 0.1) is 0 Å². The van der Waals surface area contributed by atoms with Crippen LogP contribution in [0.4, 0.5) is 4.39 Å². The number of nitrogens with one attached hydrogen (secondary N) is 2. The fourth-order valence-electron chi connectivity index (χ4n) is 1.95. The zero-order valence-electron chi connectivity index (χ0n) is 11.7. The third-order valence-corrected chi connectivity index (χ3v) is 4.14. The molecule has 0 bridgehead atoms. The lowest BCUT2D eigenvalue weighted by atomic mass is 10.1. The summed E-state index contributed by atoms with van der Waals surface area (Å²) in [6.07, 6.45) is 3.52. The predicted octanol–water partition coefficient (Wildman–Crippen LogP) is 2.77. The topological polar surface area (TPSA) is 41.1 Å². The Balaban J connectivity index is 0.00000220. The maximum Gasteiger partial charge on any atom is 0.221 e. The highest BCUT2D eigenvalue weighted by atomic mass is 35.5. The Morgan fingerprint density at radius 3 is 2.90 bits per heavy atom. The van der Waals surface area contributed by atoms with Gasteiger partial charge in [0.2, 0.25) is 5.91 Å². The lowest BCUT2D eigenvalue weighted by Crippen LogP contribution is -2.29. The highest BCUT2D eigenvalue weighted by Gasteiger charge is 2.07. The monoisotopic (exact) mass is 330 g/mol. The van der Waals surface area contributed by atoms with Crippen LogP contribution in [0.2, 0.25) is 0 Å². The number of carbonyl (C=O) groups is 1. The van der Waals surface area contributed by atoms with E-state index in [2.05, 4.69) is 16.7 Å². The van der Waals surface area contributed by atoms with E-state index in [0.717, 1.165) is 19.5 Å². The number of carbonyl (C=O) groups excluding carboxylic acids is 1. The van der Waals surface area contributed by atoms with Gasteiger partial charge in [0.15, 0.2) is 0 Å². The standard InChI is InChI=1S/C15H19FN2OS.ClH/c16-13-3-1-2-4-14(13)20-10-7-15(19)18-11-12-5-8-17-9-6-12;/h1-5,17H,6-11H2,(H,18,19);1H. The Morgan fingerprint density at radius 2 is 2.19 bits per heavy atom. The maximum absolute atomic E-state index is 13.4. The van der Waals surface area contributed by atoms with Crippen molar-refractivity contribution in [3.05, 3.63) is 41.7 Å². The molecule has 1 aliphatic heterocycles. The van der Waals surface area contributed by atoms with E-state index in [4.69, 9.17) is 0 Å². The van der Waals surface area contributed by atoms with Crippen LogP contribution in [-0.4, -0.2) is 31.3 Å². The molecule has 1 aromatic carbocycles. The van der Waals surface area contributed by atoms with Crippen LogP contribution >= 0.6 is 24.2 Å². The lowest BCUT2D eigenvalue weighted by Gasteiger charge is -2.14. The fourth-order valence-corrected chi connectivity index (χ4v) is 2.83. The smallest absolute Gasteiger partial charge is 0.221 e. The molecule has 1 heterocycles. The second-order valence-corrected chi connectivity index (χ2v) is 5.76. The molecule has 0 atom stereocenters. The quantitative estimate of drug-likeness (QED) is 0.622. The number of amides is 1. The third kappa shape index (κ3) is 6.50. The van der Waals surface area contributed by atoms with Crippen molar-refractivity contribution < 1.29 is 9.18 Å². The predicted molar refractivity (Wildman–Crippen MR) is 87.6 cm³/mol. The lowest BCUT2D eigenvalue weighted by molar-refractivity contribution is -0.120. The van der Waals surface area contributed by atoms with Gasteiger partial charge in [-0.15, -0.1) is 24.2 Å². The van der Waals surface area contributed by atoms with Crippen LogP contribution in [0.1, 0.15) is 12.8 Å². The van der Waals surface area contributed by atoms with Crippen molar-refractivity contribution in [3.8, 4) is 0 Å². The van der Waals surface area contributed by atoms with E-state index in [1.54, 1.807) is 18.2 Å². The van der Waals surface area contributed by atoms with E-state index in [9.17, 15) is 9.18 Å². The zero-order valence-corrected chi connectivity index (χ0v) is 13.4. The first-order chi connectivity index (χ1) is 9.75. The second kappa shape index (κ2) is 9.82. The molecule has 116 valence electrons. The molecule has 1 aromatic rings. The number of thioether (sulfide) groups is 1. The van der Waals surface area contributed by atoms with Crippen molar-refractivity contribution in [1.82, 2.24) is 10.6 Å². The van der Waals surface area contributed by atoms with Crippen LogP contribution in [0.15, 0.2) is 40.8 Å². The number of hydrogen-bond acceptors (Lipinski definition) is 3. The summed E-state index contributed by atoms with van der Waals surface area (Å²) in [4.78, 5) is 12.3. The molecule has 0 unspecified atom stereocenters. The van der Waals surface area contributed by atoms with E-state index >= 15 is 0 Å². The van der Waals surface area contributed by atoms with Gasteiger partial charge in [-0.25, -0.2) is 4.39 Å². The van der Waals surface area contributed by atoms with Gasteiger partial charge >= 0.3 is 0 Å². The van der Waals surface area contributed by atoms with Crippen LogP contribution in [0.25, 0.3) is 0 Å². The molecule has 0 saturated heterocycles. The van der Waals surface area contributed by atoms with Crippen molar-refractivity contribution in [2.45, 2.75) is 17.7 Å². The number of halogens is 2. The van der Waals surface area contributed by atoms with E-state index in [-0.39, 0.29) is 24.1 Å². The summed E-state index contributed by atoms with van der Waals surface area (Å²) in [6.45, 7) is 2.49. The average molecular weight is 331 g/mol. The zero-order chi connectivity index (χ0) is 14.2. The SMILES string of the molecule is Cl.O=C(CCSc1ccccc1F)NCC1=CCNCC1. The first-order valence-electron chi connectivity index (χ1n) is 6.78. The average Bonchev–Trinajstić information content (AvgIpc) is 2.48. The van der Waals surface area contributed by atoms with Gasteiger partial charge in [0, 0.05) is 30.2 Å². The highest BCUT2D eigenvalue weighted by molar-refractivity contribution is 7.99. The van der Waals surface area contributed by atoms with Gasteiger partial charge in [-0.05, 0) is 25.1 Å². The maximum atomic E-state index is 13.4.